The molecule has 1 amide bonds. The van der Waals surface area contributed by atoms with Gasteiger partial charge in [0.1, 0.15) is 5.82 Å². The number of nitrogens with zero attached hydrogens (tertiary/aromatic N) is 3. The van der Waals surface area contributed by atoms with Gasteiger partial charge in [-0.05, 0) is 26.0 Å². The molecule has 0 spiro atoms. The molecule has 0 aliphatic carbocycles. The van der Waals surface area contributed by atoms with Crippen molar-refractivity contribution >= 4 is 17.5 Å². The Balaban J connectivity index is 1.83. The van der Waals surface area contributed by atoms with Gasteiger partial charge in [0, 0.05) is 56.4 Å². The molecule has 1 saturated heterocycles. The molecule has 1 heterocycles. The summed E-state index contributed by atoms with van der Waals surface area (Å²) in [7, 11) is 0. The predicted octanol–water partition coefficient (Wildman–Crippen LogP) is 3.02. The predicted molar refractivity (Wildman–Crippen MR) is 100 cm³/mol. The average molecular weight is 368 g/mol. The summed E-state index contributed by atoms with van der Waals surface area (Å²) in [6.07, 6.45) is 0. The van der Waals surface area contributed by atoms with Crippen LogP contribution in [0.15, 0.2) is 30.4 Å². The molecule has 0 bridgehead atoms. The van der Waals surface area contributed by atoms with E-state index in [9.17, 15) is 9.18 Å². The van der Waals surface area contributed by atoms with Crippen molar-refractivity contribution in [2.24, 2.45) is 0 Å². The largest absolute Gasteiger partial charge is 0.338 e. The minimum atomic E-state index is -0.261. The first-order valence-corrected chi connectivity index (χ1v) is 9.08. The highest BCUT2D eigenvalue weighted by Crippen LogP contribution is 2.21. The van der Waals surface area contributed by atoms with Gasteiger partial charge in [-0.2, -0.15) is 0 Å². The fourth-order valence-corrected chi connectivity index (χ4v) is 3.23. The van der Waals surface area contributed by atoms with Crippen LogP contribution in [0.2, 0.25) is 5.02 Å². The highest BCUT2D eigenvalue weighted by molar-refractivity contribution is 6.31. The standard InChI is InChI=1S/C19H27ClFN3O/c1-4-24(12-15(2)3)19(25)14-23-10-8-22(9-11-23)13-16-17(20)6-5-7-18(16)21/h5-7H,2,4,8-14H2,1,3H3. The molecule has 0 radical (unpaired) electrons. The van der Waals surface area contributed by atoms with Crippen LogP contribution in [0.25, 0.3) is 0 Å². The van der Waals surface area contributed by atoms with Crippen molar-refractivity contribution in [1.29, 1.82) is 0 Å². The van der Waals surface area contributed by atoms with Crippen LogP contribution < -0.4 is 0 Å². The molecule has 138 valence electrons. The Morgan fingerprint density at radius 1 is 1.28 bits per heavy atom. The summed E-state index contributed by atoms with van der Waals surface area (Å²) in [6, 6.07) is 4.78. The van der Waals surface area contributed by atoms with Gasteiger partial charge in [-0.15, -0.1) is 0 Å². The third-order valence-electron chi connectivity index (χ3n) is 4.46. The van der Waals surface area contributed by atoms with Crippen LogP contribution in [-0.2, 0) is 11.3 Å². The molecule has 1 aromatic rings. The van der Waals surface area contributed by atoms with E-state index in [4.69, 9.17) is 11.6 Å². The van der Waals surface area contributed by atoms with Gasteiger partial charge in [-0.1, -0.05) is 29.8 Å². The number of carbonyl (C=O) groups excluding carboxylic acids is 1. The average Bonchev–Trinajstić information content (AvgIpc) is 2.57. The zero-order chi connectivity index (χ0) is 18.4. The lowest BCUT2D eigenvalue weighted by atomic mass is 10.2. The fraction of sp³-hybridized carbons (Fsp3) is 0.526. The van der Waals surface area contributed by atoms with Crippen molar-refractivity contribution in [3.05, 3.63) is 46.8 Å². The number of rotatable bonds is 7. The van der Waals surface area contributed by atoms with E-state index in [-0.39, 0.29) is 11.7 Å². The molecule has 0 atom stereocenters. The second-order valence-corrected chi connectivity index (χ2v) is 7.02. The number of hydrogen-bond donors (Lipinski definition) is 0. The van der Waals surface area contributed by atoms with Crippen molar-refractivity contribution in [1.82, 2.24) is 14.7 Å². The molecule has 1 fully saturated rings. The minimum absolute atomic E-state index is 0.135. The first-order valence-electron chi connectivity index (χ1n) is 8.70. The number of amides is 1. The van der Waals surface area contributed by atoms with Gasteiger partial charge >= 0.3 is 0 Å². The topological polar surface area (TPSA) is 26.8 Å². The molecule has 0 saturated carbocycles. The minimum Gasteiger partial charge on any atom is -0.338 e. The summed E-state index contributed by atoms with van der Waals surface area (Å²) in [4.78, 5) is 18.6. The third-order valence-corrected chi connectivity index (χ3v) is 4.82. The lowest BCUT2D eigenvalue weighted by Gasteiger charge is -2.35. The Labute approximate surface area is 154 Å². The Bertz CT molecular complexity index is 594. The van der Waals surface area contributed by atoms with Crippen molar-refractivity contribution < 1.29 is 9.18 Å². The van der Waals surface area contributed by atoms with Crippen LogP contribution in [0.5, 0.6) is 0 Å². The maximum atomic E-state index is 13.9. The summed E-state index contributed by atoms with van der Waals surface area (Å²) >= 11 is 6.10. The quantitative estimate of drug-likeness (QED) is 0.693. The molecular weight excluding hydrogens is 341 g/mol. The summed E-state index contributed by atoms with van der Waals surface area (Å²) in [6.45, 7) is 13.2. The van der Waals surface area contributed by atoms with E-state index in [2.05, 4.69) is 16.4 Å². The molecule has 0 aromatic heterocycles. The Morgan fingerprint density at radius 2 is 1.92 bits per heavy atom. The van der Waals surface area contributed by atoms with Gasteiger partial charge in [0.15, 0.2) is 0 Å². The van der Waals surface area contributed by atoms with Crippen LogP contribution in [0.4, 0.5) is 4.39 Å². The van der Waals surface area contributed by atoms with E-state index in [0.717, 1.165) is 31.8 Å². The van der Waals surface area contributed by atoms with Crippen LogP contribution in [0.1, 0.15) is 19.4 Å². The van der Waals surface area contributed by atoms with Crippen LogP contribution >= 0.6 is 11.6 Å². The molecule has 1 aliphatic heterocycles. The molecule has 25 heavy (non-hydrogen) atoms. The van der Waals surface area contributed by atoms with E-state index in [0.29, 0.717) is 36.8 Å². The zero-order valence-electron chi connectivity index (χ0n) is 15.1. The Kier molecular flexibility index (Phi) is 7.41. The third kappa shape index (κ3) is 5.80. The van der Waals surface area contributed by atoms with Crippen LogP contribution in [0, 0.1) is 5.82 Å². The first kappa shape index (κ1) is 19.9. The first-order chi connectivity index (χ1) is 11.9. The van der Waals surface area contributed by atoms with E-state index >= 15 is 0 Å². The van der Waals surface area contributed by atoms with E-state index in [1.165, 1.54) is 6.07 Å². The molecule has 0 unspecified atom stereocenters. The summed E-state index contributed by atoms with van der Waals surface area (Å²) in [5, 5.41) is 0.469. The lowest BCUT2D eigenvalue weighted by molar-refractivity contribution is -0.132. The van der Waals surface area contributed by atoms with Crippen molar-refractivity contribution in [2.45, 2.75) is 20.4 Å². The number of carbonyl (C=O) groups is 1. The monoisotopic (exact) mass is 367 g/mol. The molecule has 4 nitrogen and oxygen atoms in total. The smallest absolute Gasteiger partial charge is 0.237 e. The van der Waals surface area contributed by atoms with Crippen LogP contribution in [0.3, 0.4) is 0 Å². The Morgan fingerprint density at radius 3 is 2.48 bits per heavy atom. The number of halogens is 2. The second kappa shape index (κ2) is 9.32. The number of likely N-dealkylation sites (N-methyl/N-ethyl adjacent to an activating group) is 1. The summed E-state index contributed by atoms with van der Waals surface area (Å²) in [5.41, 5.74) is 1.54. The maximum absolute atomic E-state index is 13.9. The van der Waals surface area contributed by atoms with E-state index in [1.807, 2.05) is 18.7 Å². The van der Waals surface area contributed by atoms with Gasteiger partial charge in [-0.25, -0.2) is 4.39 Å². The van der Waals surface area contributed by atoms with E-state index in [1.54, 1.807) is 12.1 Å². The molecular formula is C19H27ClFN3O. The highest BCUT2D eigenvalue weighted by atomic mass is 35.5. The lowest BCUT2D eigenvalue weighted by Crippen LogP contribution is -2.50. The normalized spacial score (nSPS) is 16.0. The number of hydrogen-bond acceptors (Lipinski definition) is 3. The van der Waals surface area contributed by atoms with Crippen LogP contribution in [-0.4, -0.2) is 66.4 Å². The van der Waals surface area contributed by atoms with Crippen molar-refractivity contribution in [3.8, 4) is 0 Å². The Hall–Kier alpha value is -1.43. The van der Waals surface area contributed by atoms with Gasteiger partial charge in [-0.3, -0.25) is 14.6 Å². The van der Waals surface area contributed by atoms with Crippen molar-refractivity contribution in [2.75, 3.05) is 45.8 Å². The molecule has 0 N–H and O–H groups in total. The van der Waals surface area contributed by atoms with Crippen molar-refractivity contribution in [3.63, 3.8) is 0 Å². The molecule has 6 heteroatoms. The summed E-state index contributed by atoms with van der Waals surface area (Å²) in [5.74, 6) is -0.125. The zero-order valence-corrected chi connectivity index (χ0v) is 15.9. The maximum Gasteiger partial charge on any atom is 0.237 e. The number of benzene rings is 1. The van der Waals surface area contributed by atoms with Gasteiger partial charge in [0.05, 0.1) is 6.54 Å². The van der Waals surface area contributed by atoms with Gasteiger partial charge in [0.25, 0.3) is 0 Å². The van der Waals surface area contributed by atoms with Gasteiger partial charge < -0.3 is 4.90 Å². The van der Waals surface area contributed by atoms with Gasteiger partial charge in [0.2, 0.25) is 5.91 Å². The summed E-state index contributed by atoms with van der Waals surface area (Å²) < 4.78 is 13.9. The molecule has 2 rings (SSSR count). The second-order valence-electron chi connectivity index (χ2n) is 6.62. The number of piperazine rings is 1. The van der Waals surface area contributed by atoms with E-state index < -0.39 is 0 Å². The fourth-order valence-electron chi connectivity index (χ4n) is 3.01. The molecule has 1 aromatic carbocycles. The highest BCUT2D eigenvalue weighted by Gasteiger charge is 2.22. The SMILES string of the molecule is C=C(C)CN(CC)C(=O)CN1CCN(Cc2c(F)cccc2Cl)CC1. The molecule has 1 aliphatic rings.